The van der Waals surface area contributed by atoms with Gasteiger partial charge in [-0.2, -0.15) is 0 Å². The highest BCUT2D eigenvalue weighted by molar-refractivity contribution is 6.35. The first-order valence-electron chi connectivity index (χ1n) is 13.8. The number of aliphatic hydroxyl groups is 1. The van der Waals surface area contributed by atoms with Crippen molar-refractivity contribution in [1.82, 2.24) is 14.5 Å². The van der Waals surface area contributed by atoms with Crippen LogP contribution in [-0.4, -0.2) is 52.5 Å². The Morgan fingerprint density at radius 2 is 1.98 bits per heavy atom. The van der Waals surface area contributed by atoms with Crippen LogP contribution in [0, 0.1) is 5.82 Å². The van der Waals surface area contributed by atoms with Crippen molar-refractivity contribution < 1.29 is 23.7 Å². The van der Waals surface area contributed by atoms with Gasteiger partial charge in [0.15, 0.2) is 6.29 Å². The molecule has 3 aromatic carbocycles. The van der Waals surface area contributed by atoms with E-state index in [4.69, 9.17) is 42.4 Å². The van der Waals surface area contributed by atoms with E-state index in [2.05, 4.69) is 9.47 Å². The second-order valence-corrected chi connectivity index (χ2v) is 11.5. The highest BCUT2D eigenvalue weighted by atomic mass is 35.5. The standard InChI is InChI=1S/C31H32Cl2FN3O4/c1-39-31(38)20-3-6-27-28(13-20)37(16-24-9-11-40-24)30(35-27)17-36-10-8-21(15-36)19-2-5-26(34)22(12-19)18-41-29-7-4-23(32)14-25(29)33/h2-7,12-14,21,24,31,38H,8-11,15-18H2,1H3/t21?,24-,31?/m0/s1. The quantitative estimate of drug-likeness (QED) is 0.210. The minimum absolute atomic E-state index is 0.0739. The minimum atomic E-state index is -0.986. The van der Waals surface area contributed by atoms with E-state index in [0.29, 0.717) is 40.0 Å². The van der Waals surface area contributed by atoms with Crippen LogP contribution in [0.15, 0.2) is 54.6 Å². The number of hydrogen-bond acceptors (Lipinski definition) is 6. The Morgan fingerprint density at radius 3 is 2.73 bits per heavy atom. The first-order valence-corrected chi connectivity index (χ1v) is 14.5. The predicted octanol–water partition coefficient (Wildman–Crippen LogP) is 6.48. The summed E-state index contributed by atoms with van der Waals surface area (Å²) in [7, 11) is 1.48. The highest BCUT2D eigenvalue weighted by Gasteiger charge is 2.28. The Kier molecular flexibility index (Phi) is 8.49. The lowest BCUT2D eigenvalue weighted by Crippen LogP contribution is -2.32. The van der Waals surface area contributed by atoms with Crippen LogP contribution in [-0.2, 0) is 29.2 Å². The molecular weight excluding hydrogens is 568 g/mol. The van der Waals surface area contributed by atoms with Gasteiger partial charge in [-0.3, -0.25) is 4.90 Å². The van der Waals surface area contributed by atoms with Gasteiger partial charge in [0.2, 0.25) is 0 Å². The van der Waals surface area contributed by atoms with E-state index in [1.54, 1.807) is 18.2 Å². The number of fused-ring (bicyclic) bond motifs is 1. The topological polar surface area (TPSA) is 69.0 Å². The van der Waals surface area contributed by atoms with Crippen LogP contribution in [0.3, 0.4) is 0 Å². The van der Waals surface area contributed by atoms with Crippen molar-refractivity contribution in [2.75, 3.05) is 26.8 Å². The fourth-order valence-electron chi connectivity index (χ4n) is 5.59. The van der Waals surface area contributed by atoms with Crippen LogP contribution < -0.4 is 4.74 Å². The number of hydrogen-bond donors (Lipinski definition) is 1. The Balaban J connectivity index is 1.17. The monoisotopic (exact) mass is 599 g/mol. The molecule has 2 unspecified atom stereocenters. The van der Waals surface area contributed by atoms with Crippen LogP contribution in [0.2, 0.25) is 10.0 Å². The van der Waals surface area contributed by atoms with Crippen molar-refractivity contribution in [3.63, 3.8) is 0 Å². The molecule has 6 rings (SSSR count). The molecule has 2 aliphatic heterocycles. The first-order chi connectivity index (χ1) is 19.9. The molecule has 2 saturated heterocycles. The molecule has 2 aliphatic rings. The van der Waals surface area contributed by atoms with Crippen molar-refractivity contribution in [2.45, 2.75) is 50.8 Å². The van der Waals surface area contributed by atoms with E-state index in [1.165, 1.54) is 13.2 Å². The molecule has 7 nitrogen and oxygen atoms in total. The average Bonchev–Trinajstić information content (AvgIpc) is 3.54. The number of methoxy groups -OCH3 is 1. The molecule has 41 heavy (non-hydrogen) atoms. The summed E-state index contributed by atoms with van der Waals surface area (Å²) in [4.78, 5) is 7.35. The summed E-state index contributed by atoms with van der Waals surface area (Å²) in [5.41, 5.74) is 4.11. The second-order valence-electron chi connectivity index (χ2n) is 10.7. The first kappa shape index (κ1) is 28.4. The number of aromatic nitrogens is 2. The van der Waals surface area contributed by atoms with E-state index in [0.717, 1.165) is 55.0 Å². The maximum Gasteiger partial charge on any atom is 0.180 e. The van der Waals surface area contributed by atoms with Crippen LogP contribution in [0.5, 0.6) is 5.75 Å². The maximum atomic E-state index is 14.7. The third kappa shape index (κ3) is 6.23. The molecule has 0 amide bonds. The fraction of sp³-hybridized carbons (Fsp3) is 0.387. The zero-order valence-corrected chi connectivity index (χ0v) is 24.2. The van der Waals surface area contributed by atoms with Crippen molar-refractivity contribution in [3.8, 4) is 5.75 Å². The summed E-state index contributed by atoms with van der Waals surface area (Å²) < 4.78 is 33.6. The number of nitrogens with zero attached hydrogens (tertiary/aromatic N) is 3. The number of likely N-dealkylation sites (tertiary alicyclic amines) is 1. The molecule has 0 radical (unpaired) electrons. The number of imidazole rings is 1. The number of ether oxygens (including phenoxy) is 3. The average molecular weight is 601 g/mol. The molecule has 0 spiro atoms. The highest BCUT2D eigenvalue weighted by Crippen LogP contribution is 2.32. The summed E-state index contributed by atoms with van der Waals surface area (Å²) in [6.45, 7) is 4.01. The zero-order chi connectivity index (χ0) is 28.5. The predicted molar refractivity (Wildman–Crippen MR) is 156 cm³/mol. The normalized spacial score (nSPS) is 19.9. The molecule has 1 aromatic heterocycles. The van der Waals surface area contributed by atoms with Gasteiger partial charge < -0.3 is 23.9 Å². The smallest absolute Gasteiger partial charge is 0.180 e. The van der Waals surface area contributed by atoms with Crippen molar-refractivity contribution >= 4 is 34.2 Å². The summed E-state index contributed by atoms with van der Waals surface area (Å²) in [5, 5.41) is 11.1. The number of aliphatic hydroxyl groups excluding tert-OH is 1. The third-order valence-corrected chi connectivity index (χ3v) is 8.53. The van der Waals surface area contributed by atoms with Gasteiger partial charge in [0.25, 0.3) is 0 Å². The number of halogens is 3. The summed E-state index contributed by atoms with van der Waals surface area (Å²) >= 11 is 12.2. The van der Waals surface area contributed by atoms with Gasteiger partial charge in [0.1, 0.15) is 24.0 Å². The molecule has 1 N–H and O–H groups in total. The summed E-state index contributed by atoms with van der Waals surface area (Å²) in [6.07, 6.45) is 1.16. The molecule has 216 valence electrons. The number of rotatable bonds is 10. The van der Waals surface area contributed by atoms with Crippen molar-refractivity contribution in [1.29, 1.82) is 0 Å². The van der Waals surface area contributed by atoms with Gasteiger partial charge in [0, 0.05) is 36.4 Å². The molecule has 0 aliphatic carbocycles. The summed E-state index contributed by atoms with van der Waals surface area (Å²) in [5.74, 6) is 1.39. The Morgan fingerprint density at radius 1 is 1.12 bits per heavy atom. The van der Waals surface area contributed by atoms with Gasteiger partial charge in [-0.25, -0.2) is 9.37 Å². The van der Waals surface area contributed by atoms with Gasteiger partial charge >= 0.3 is 0 Å². The maximum absolute atomic E-state index is 14.7. The molecular formula is C31H32Cl2FN3O4. The SMILES string of the molecule is COC(O)c1ccc2nc(CN3CCC(c4ccc(F)c(COc5ccc(Cl)cc5Cl)c4)C3)n(C[C@@H]3CCO3)c2c1. The van der Waals surface area contributed by atoms with E-state index < -0.39 is 6.29 Å². The molecule has 10 heteroatoms. The molecule has 2 fully saturated rings. The fourth-order valence-corrected chi connectivity index (χ4v) is 6.05. The van der Waals surface area contributed by atoms with Crippen molar-refractivity contribution in [3.05, 3.63) is 93.0 Å². The van der Waals surface area contributed by atoms with Crippen LogP contribution in [0.25, 0.3) is 11.0 Å². The van der Waals surface area contributed by atoms with Gasteiger partial charge in [0.05, 0.1) is 35.2 Å². The van der Waals surface area contributed by atoms with E-state index in [9.17, 15) is 9.50 Å². The lowest BCUT2D eigenvalue weighted by molar-refractivity contribution is -0.0768. The molecule has 4 aromatic rings. The summed E-state index contributed by atoms with van der Waals surface area (Å²) in [6, 6.07) is 16.0. The van der Waals surface area contributed by atoms with Crippen LogP contribution in [0.1, 0.15) is 47.6 Å². The molecule has 3 heterocycles. The second kappa shape index (κ2) is 12.3. The van der Waals surface area contributed by atoms with Gasteiger partial charge in [-0.05, 0) is 73.3 Å². The van der Waals surface area contributed by atoms with Gasteiger partial charge in [-0.1, -0.05) is 35.3 Å². The molecule has 3 atom stereocenters. The molecule has 0 saturated carbocycles. The van der Waals surface area contributed by atoms with Crippen LogP contribution in [0.4, 0.5) is 4.39 Å². The van der Waals surface area contributed by atoms with E-state index >= 15 is 0 Å². The van der Waals surface area contributed by atoms with Crippen LogP contribution >= 0.6 is 23.2 Å². The number of benzene rings is 3. The largest absolute Gasteiger partial charge is 0.487 e. The zero-order valence-electron chi connectivity index (χ0n) is 22.7. The van der Waals surface area contributed by atoms with E-state index in [1.807, 2.05) is 30.3 Å². The molecule has 0 bridgehead atoms. The Hall–Kier alpha value is -2.72. The van der Waals surface area contributed by atoms with E-state index in [-0.39, 0.29) is 24.4 Å². The van der Waals surface area contributed by atoms with Crippen molar-refractivity contribution in [2.24, 2.45) is 0 Å². The lowest BCUT2D eigenvalue weighted by atomic mass is 9.96. The third-order valence-electron chi connectivity index (χ3n) is 8.00. The Labute approximate surface area is 248 Å². The van der Waals surface area contributed by atoms with Gasteiger partial charge in [-0.15, -0.1) is 0 Å². The Bertz CT molecular complexity index is 1540. The minimum Gasteiger partial charge on any atom is -0.487 e. The lowest BCUT2D eigenvalue weighted by Gasteiger charge is -2.28.